The van der Waals surface area contributed by atoms with Crippen molar-refractivity contribution in [3.63, 3.8) is 0 Å². The van der Waals surface area contributed by atoms with Gasteiger partial charge in [0.05, 0.1) is 0 Å². The number of hydrogen-bond acceptors (Lipinski definition) is 4. The number of carboxylic acid groups (broad SMARTS) is 1. The Morgan fingerprint density at radius 3 is 2.52 bits per heavy atom. The van der Waals surface area contributed by atoms with Gasteiger partial charge in [-0.1, -0.05) is 19.3 Å². The second kappa shape index (κ2) is 6.19. The van der Waals surface area contributed by atoms with E-state index in [0.717, 1.165) is 31.7 Å². The highest BCUT2D eigenvalue weighted by atomic mass is 32.2. The molecule has 6 nitrogen and oxygen atoms in total. The molecule has 21 heavy (non-hydrogen) atoms. The Kier molecular flexibility index (Phi) is 4.73. The fourth-order valence-electron chi connectivity index (χ4n) is 2.88. The zero-order chi connectivity index (χ0) is 15.6. The molecule has 0 saturated heterocycles. The Morgan fingerprint density at radius 2 is 2.00 bits per heavy atom. The maximum absolute atomic E-state index is 12.4. The molecule has 1 aliphatic carbocycles. The highest BCUT2D eigenvalue weighted by Crippen LogP contribution is 2.28. The molecule has 1 aromatic rings. The molecule has 1 fully saturated rings. The maximum Gasteiger partial charge on any atom is 0.371 e. The van der Waals surface area contributed by atoms with Crippen molar-refractivity contribution in [2.45, 2.75) is 56.9 Å². The van der Waals surface area contributed by atoms with Crippen LogP contribution in [0.1, 0.15) is 55.3 Å². The van der Waals surface area contributed by atoms with E-state index in [1.807, 2.05) is 6.92 Å². The van der Waals surface area contributed by atoms with Gasteiger partial charge in [-0.25, -0.2) is 17.9 Å². The number of furan rings is 1. The Hall–Kier alpha value is -1.34. The average Bonchev–Trinajstić information content (AvgIpc) is 2.82. The van der Waals surface area contributed by atoms with E-state index in [-0.39, 0.29) is 22.5 Å². The van der Waals surface area contributed by atoms with E-state index >= 15 is 0 Å². The number of rotatable bonds is 5. The van der Waals surface area contributed by atoms with Crippen LogP contribution in [0.5, 0.6) is 0 Å². The highest BCUT2D eigenvalue weighted by molar-refractivity contribution is 7.89. The van der Waals surface area contributed by atoms with E-state index in [2.05, 4.69) is 4.72 Å². The molecule has 0 amide bonds. The van der Waals surface area contributed by atoms with Gasteiger partial charge in [-0.2, -0.15) is 0 Å². The number of aromatic carboxylic acids is 1. The highest BCUT2D eigenvalue weighted by Gasteiger charge is 2.28. The number of hydrogen-bond donors (Lipinski definition) is 2. The van der Waals surface area contributed by atoms with Crippen molar-refractivity contribution >= 4 is 16.0 Å². The van der Waals surface area contributed by atoms with Gasteiger partial charge in [0, 0.05) is 12.1 Å². The molecule has 0 bridgehead atoms. The summed E-state index contributed by atoms with van der Waals surface area (Å²) in [5.41, 5.74) is 0. The number of carbonyl (C=O) groups is 1. The topological polar surface area (TPSA) is 96.6 Å². The molecule has 0 radical (unpaired) electrons. The van der Waals surface area contributed by atoms with Gasteiger partial charge in [0.15, 0.2) is 0 Å². The molecule has 0 unspecified atom stereocenters. The molecule has 1 atom stereocenters. The first-order valence-electron chi connectivity index (χ1n) is 7.17. The predicted octanol–water partition coefficient (Wildman–Crippen LogP) is 2.53. The lowest BCUT2D eigenvalue weighted by Gasteiger charge is -2.27. The third-order valence-electron chi connectivity index (χ3n) is 4.07. The van der Waals surface area contributed by atoms with Gasteiger partial charge in [0.2, 0.25) is 15.8 Å². The van der Waals surface area contributed by atoms with E-state index in [9.17, 15) is 13.2 Å². The second-order valence-electron chi connectivity index (χ2n) is 5.64. The lowest BCUT2D eigenvalue weighted by Crippen LogP contribution is -2.38. The molecule has 2 rings (SSSR count). The van der Waals surface area contributed by atoms with Crippen LogP contribution in [0.4, 0.5) is 0 Å². The standard InChI is InChI=1S/C14H21NO5S/c1-9(11-6-4-3-5-7-11)15-21(18,19)13-8-12(14(16)17)20-10(13)2/h8-9,11,15H,3-7H2,1-2H3,(H,16,17)/t9-/m1/s1. The first kappa shape index (κ1) is 16.0. The van der Waals surface area contributed by atoms with Gasteiger partial charge in [0.25, 0.3) is 0 Å². The van der Waals surface area contributed by atoms with E-state index < -0.39 is 16.0 Å². The molecular formula is C14H21NO5S. The van der Waals surface area contributed by atoms with Crippen LogP contribution in [-0.4, -0.2) is 25.5 Å². The fourth-order valence-corrected chi connectivity index (χ4v) is 4.37. The third-order valence-corrected chi connectivity index (χ3v) is 5.74. The van der Waals surface area contributed by atoms with Gasteiger partial charge in [-0.3, -0.25) is 0 Å². The Labute approximate surface area is 124 Å². The summed E-state index contributed by atoms with van der Waals surface area (Å²) >= 11 is 0. The first-order valence-corrected chi connectivity index (χ1v) is 8.65. The number of aryl methyl sites for hydroxylation is 1. The molecule has 0 aromatic carbocycles. The quantitative estimate of drug-likeness (QED) is 0.870. The van der Waals surface area contributed by atoms with Crippen LogP contribution in [0.3, 0.4) is 0 Å². The molecule has 1 saturated carbocycles. The Balaban J connectivity index is 2.16. The summed E-state index contributed by atoms with van der Waals surface area (Å²) in [6.45, 7) is 3.31. The van der Waals surface area contributed by atoms with Gasteiger partial charge in [0.1, 0.15) is 10.7 Å². The van der Waals surface area contributed by atoms with Crippen molar-refractivity contribution in [2.75, 3.05) is 0 Å². The minimum atomic E-state index is -3.76. The summed E-state index contributed by atoms with van der Waals surface area (Å²) < 4.78 is 32.4. The van der Waals surface area contributed by atoms with Gasteiger partial charge in [-0.15, -0.1) is 0 Å². The molecule has 118 valence electrons. The summed E-state index contributed by atoms with van der Waals surface area (Å²) in [5.74, 6) is -1.21. The maximum atomic E-state index is 12.4. The second-order valence-corrected chi connectivity index (χ2v) is 7.33. The normalized spacial score (nSPS) is 18.6. The van der Waals surface area contributed by atoms with Crippen molar-refractivity contribution in [1.82, 2.24) is 4.72 Å². The lowest BCUT2D eigenvalue weighted by molar-refractivity contribution is 0.0661. The average molecular weight is 315 g/mol. The summed E-state index contributed by atoms with van der Waals surface area (Å²) in [4.78, 5) is 10.8. The SMILES string of the molecule is Cc1oc(C(=O)O)cc1S(=O)(=O)N[C@H](C)C1CCCCC1. The summed E-state index contributed by atoms with van der Waals surface area (Å²) in [6, 6.07) is 0.894. The van der Waals surface area contributed by atoms with Crippen molar-refractivity contribution in [3.8, 4) is 0 Å². The molecule has 1 aromatic heterocycles. The van der Waals surface area contributed by atoms with Crippen molar-refractivity contribution in [2.24, 2.45) is 5.92 Å². The smallest absolute Gasteiger partial charge is 0.371 e. The summed E-state index contributed by atoms with van der Waals surface area (Å²) in [6.07, 6.45) is 5.51. The Bertz CT molecular complexity index is 613. The zero-order valence-corrected chi connectivity index (χ0v) is 13.1. The first-order chi connectivity index (χ1) is 9.81. The fraction of sp³-hybridized carbons (Fsp3) is 0.643. The van der Waals surface area contributed by atoms with Crippen LogP contribution in [0.2, 0.25) is 0 Å². The number of carboxylic acids is 1. The minimum Gasteiger partial charge on any atom is -0.475 e. The molecule has 7 heteroatoms. The van der Waals surface area contributed by atoms with Crippen LogP contribution in [0.25, 0.3) is 0 Å². The molecule has 0 spiro atoms. The zero-order valence-electron chi connectivity index (χ0n) is 12.3. The molecule has 1 aliphatic rings. The van der Waals surface area contributed by atoms with E-state index in [1.165, 1.54) is 13.3 Å². The third kappa shape index (κ3) is 3.65. The van der Waals surface area contributed by atoms with Crippen LogP contribution >= 0.6 is 0 Å². The van der Waals surface area contributed by atoms with Gasteiger partial charge < -0.3 is 9.52 Å². The van der Waals surface area contributed by atoms with Crippen molar-refractivity contribution in [1.29, 1.82) is 0 Å². The van der Waals surface area contributed by atoms with Crippen LogP contribution in [0, 0.1) is 12.8 Å². The van der Waals surface area contributed by atoms with Gasteiger partial charge in [-0.05, 0) is 32.6 Å². The summed E-state index contributed by atoms with van der Waals surface area (Å²) in [5, 5.41) is 8.87. The van der Waals surface area contributed by atoms with E-state index in [1.54, 1.807) is 0 Å². The Morgan fingerprint density at radius 1 is 1.38 bits per heavy atom. The monoisotopic (exact) mass is 315 g/mol. The minimum absolute atomic E-state index is 0.0933. The molecule has 1 heterocycles. The van der Waals surface area contributed by atoms with Gasteiger partial charge >= 0.3 is 5.97 Å². The van der Waals surface area contributed by atoms with E-state index in [0.29, 0.717) is 5.92 Å². The largest absolute Gasteiger partial charge is 0.475 e. The van der Waals surface area contributed by atoms with Crippen LogP contribution in [-0.2, 0) is 10.0 Å². The van der Waals surface area contributed by atoms with E-state index in [4.69, 9.17) is 9.52 Å². The van der Waals surface area contributed by atoms with Crippen LogP contribution < -0.4 is 4.72 Å². The van der Waals surface area contributed by atoms with Crippen molar-refractivity contribution in [3.05, 3.63) is 17.6 Å². The number of nitrogens with one attached hydrogen (secondary N) is 1. The molecule has 0 aliphatic heterocycles. The predicted molar refractivity (Wildman–Crippen MR) is 76.8 cm³/mol. The lowest BCUT2D eigenvalue weighted by atomic mass is 9.85. The van der Waals surface area contributed by atoms with Crippen molar-refractivity contribution < 1.29 is 22.7 Å². The van der Waals surface area contributed by atoms with Crippen LogP contribution in [0.15, 0.2) is 15.4 Å². The summed E-state index contributed by atoms with van der Waals surface area (Å²) in [7, 11) is -3.76. The molecule has 2 N–H and O–H groups in total. The molecular weight excluding hydrogens is 294 g/mol. The number of sulfonamides is 1.